The molecule has 3 aromatic carbocycles. The molecule has 2 N–H and O–H groups in total. The molecule has 7 nitrogen and oxygen atoms in total. The number of carbonyl (C=O) groups excluding carboxylic acids is 3. The van der Waals surface area contributed by atoms with E-state index in [0.29, 0.717) is 22.5 Å². The molecule has 0 saturated carbocycles. The summed E-state index contributed by atoms with van der Waals surface area (Å²) in [6, 6.07) is 19.0. The van der Waals surface area contributed by atoms with Gasteiger partial charge in [-0.3, -0.25) is 9.59 Å². The third-order valence-corrected chi connectivity index (χ3v) is 4.56. The number of aryl methyl sites for hydroxylation is 1. The van der Waals surface area contributed by atoms with Crippen LogP contribution >= 0.6 is 0 Å². The average Bonchev–Trinajstić information content (AvgIpc) is 2.79. The largest absolute Gasteiger partial charge is 0.513 e. The first-order valence-corrected chi connectivity index (χ1v) is 10.3. The van der Waals surface area contributed by atoms with Crippen molar-refractivity contribution < 1.29 is 28.2 Å². The molecule has 0 saturated heterocycles. The molecule has 8 heteroatoms. The minimum absolute atomic E-state index is 0.123. The highest BCUT2D eigenvalue weighted by Crippen LogP contribution is 2.18. The lowest BCUT2D eigenvalue weighted by molar-refractivity contribution is -0.116. The minimum atomic E-state index is -0.817. The molecular formula is C25H23FN2O5. The summed E-state index contributed by atoms with van der Waals surface area (Å²) in [5.74, 6) is -0.722. The maximum atomic E-state index is 13.7. The predicted molar refractivity (Wildman–Crippen MR) is 122 cm³/mol. The molecule has 0 radical (unpaired) electrons. The molecule has 0 aliphatic rings. The highest BCUT2D eigenvalue weighted by molar-refractivity contribution is 6.04. The Bertz CT molecular complexity index is 1130. The Balaban J connectivity index is 1.54. The van der Waals surface area contributed by atoms with Gasteiger partial charge in [-0.2, -0.15) is 0 Å². The fourth-order valence-corrected chi connectivity index (χ4v) is 2.97. The zero-order valence-electron chi connectivity index (χ0n) is 18.0. The highest BCUT2D eigenvalue weighted by Gasteiger charge is 2.10. The van der Waals surface area contributed by atoms with Crippen LogP contribution in [0.15, 0.2) is 72.8 Å². The van der Waals surface area contributed by atoms with Crippen LogP contribution in [0.25, 0.3) is 0 Å². The number of hydrogen-bond acceptors (Lipinski definition) is 5. The van der Waals surface area contributed by atoms with Gasteiger partial charge < -0.3 is 20.1 Å². The Labute approximate surface area is 190 Å². The van der Waals surface area contributed by atoms with E-state index in [9.17, 15) is 18.8 Å². The predicted octanol–water partition coefficient (Wildman–Crippen LogP) is 5.18. The SMILES string of the molecule is CCOC(=O)Oc1ccc(C(=O)Nc2cccc(NC(=O)CCc3ccccc3F)c2)cc1. The van der Waals surface area contributed by atoms with Gasteiger partial charge in [0, 0.05) is 23.4 Å². The summed E-state index contributed by atoms with van der Waals surface area (Å²) in [7, 11) is 0. The summed E-state index contributed by atoms with van der Waals surface area (Å²) < 4.78 is 23.3. The number of nitrogens with one attached hydrogen (secondary N) is 2. The van der Waals surface area contributed by atoms with E-state index in [0.717, 1.165) is 0 Å². The molecular weight excluding hydrogens is 427 g/mol. The molecule has 0 aliphatic heterocycles. The van der Waals surface area contributed by atoms with Crippen LogP contribution in [0.5, 0.6) is 5.75 Å². The molecule has 170 valence electrons. The van der Waals surface area contributed by atoms with Gasteiger partial charge in [0.2, 0.25) is 5.91 Å². The van der Waals surface area contributed by atoms with Crippen molar-refractivity contribution in [2.75, 3.05) is 17.2 Å². The van der Waals surface area contributed by atoms with Crippen LogP contribution in [0.3, 0.4) is 0 Å². The molecule has 0 aliphatic carbocycles. The molecule has 0 heterocycles. The number of anilines is 2. The Morgan fingerprint density at radius 3 is 2.27 bits per heavy atom. The van der Waals surface area contributed by atoms with E-state index in [1.165, 1.54) is 30.3 Å². The number of hydrogen-bond donors (Lipinski definition) is 2. The molecule has 2 amide bonds. The van der Waals surface area contributed by atoms with Gasteiger partial charge in [-0.15, -0.1) is 0 Å². The van der Waals surface area contributed by atoms with Crippen molar-refractivity contribution in [1.29, 1.82) is 0 Å². The lowest BCUT2D eigenvalue weighted by atomic mass is 10.1. The minimum Gasteiger partial charge on any atom is -0.434 e. The number of ether oxygens (including phenoxy) is 2. The van der Waals surface area contributed by atoms with Crippen molar-refractivity contribution >= 4 is 29.3 Å². The molecule has 3 aromatic rings. The van der Waals surface area contributed by atoms with Gasteiger partial charge in [0.05, 0.1) is 6.61 Å². The number of benzene rings is 3. The molecule has 0 unspecified atom stereocenters. The molecule has 33 heavy (non-hydrogen) atoms. The van der Waals surface area contributed by atoms with Crippen LogP contribution in [0, 0.1) is 5.82 Å². The molecule has 0 aromatic heterocycles. The first-order valence-electron chi connectivity index (χ1n) is 10.3. The van der Waals surface area contributed by atoms with Crippen LogP contribution < -0.4 is 15.4 Å². The summed E-state index contributed by atoms with van der Waals surface area (Å²) in [5, 5.41) is 5.49. The van der Waals surface area contributed by atoms with Gasteiger partial charge in [-0.05, 0) is 67.4 Å². The van der Waals surface area contributed by atoms with Gasteiger partial charge in [-0.25, -0.2) is 9.18 Å². The summed E-state index contributed by atoms with van der Waals surface area (Å²) in [6.07, 6.45) is -0.412. The fraction of sp³-hybridized carbons (Fsp3) is 0.160. The van der Waals surface area contributed by atoms with Crippen molar-refractivity contribution in [3.63, 3.8) is 0 Å². The molecule has 0 spiro atoms. The van der Waals surface area contributed by atoms with Crippen LogP contribution in [-0.2, 0) is 16.0 Å². The monoisotopic (exact) mass is 450 g/mol. The van der Waals surface area contributed by atoms with E-state index in [2.05, 4.69) is 10.6 Å². The van der Waals surface area contributed by atoms with Gasteiger partial charge >= 0.3 is 6.16 Å². The number of rotatable bonds is 8. The van der Waals surface area contributed by atoms with E-state index in [1.807, 2.05) is 0 Å². The first-order chi connectivity index (χ1) is 15.9. The summed E-state index contributed by atoms with van der Waals surface area (Å²) >= 11 is 0. The van der Waals surface area contributed by atoms with Crippen molar-refractivity contribution in [2.45, 2.75) is 19.8 Å². The fourth-order valence-electron chi connectivity index (χ4n) is 2.97. The van der Waals surface area contributed by atoms with Crippen molar-refractivity contribution in [2.24, 2.45) is 0 Å². The van der Waals surface area contributed by atoms with Crippen molar-refractivity contribution in [3.05, 3.63) is 89.7 Å². The molecule has 3 rings (SSSR count). The standard InChI is InChI=1S/C25H23FN2O5/c1-2-32-25(31)33-21-13-10-18(11-14-21)24(30)28-20-8-5-7-19(16-20)27-23(29)15-12-17-6-3-4-9-22(17)26/h3-11,13-14,16H,2,12,15H2,1H3,(H,27,29)(H,28,30). The normalized spacial score (nSPS) is 10.2. The maximum Gasteiger partial charge on any atom is 0.513 e. The molecule has 0 atom stereocenters. The topological polar surface area (TPSA) is 93.7 Å². The quantitative estimate of drug-likeness (QED) is 0.364. The van der Waals surface area contributed by atoms with Crippen LogP contribution in [0.1, 0.15) is 29.3 Å². The van der Waals surface area contributed by atoms with Crippen molar-refractivity contribution in [3.8, 4) is 5.75 Å². The van der Waals surface area contributed by atoms with E-state index in [-0.39, 0.29) is 42.8 Å². The second-order valence-corrected chi connectivity index (χ2v) is 6.98. The Morgan fingerprint density at radius 1 is 0.879 bits per heavy atom. The van der Waals surface area contributed by atoms with Crippen LogP contribution in [0.2, 0.25) is 0 Å². The summed E-state index contributed by atoms with van der Waals surface area (Å²) in [5.41, 5.74) is 1.82. The van der Waals surface area contributed by atoms with Crippen molar-refractivity contribution in [1.82, 2.24) is 0 Å². The lowest BCUT2D eigenvalue weighted by Crippen LogP contribution is -2.14. The second-order valence-electron chi connectivity index (χ2n) is 6.98. The van der Waals surface area contributed by atoms with Gasteiger partial charge in [0.1, 0.15) is 11.6 Å². The number of halogens is 1. The smallest absolute Gasteiger partial charge is 0.434 e. The average molecular weight is 450 g/mol. The van der Waals surface area contributed by atoms with Gasteiger partial charge in [0.15, 0.2) is 0 Å². The second kappa shape index (κ2) is 11.4. The van der Waals surface area contributed by atoms with Crippen LogP contribution in [0.4, 0.5) is 20.6 Å². The Hall–Kier alpha value is -4.20. The maximum absolute atomic E-state index is 13.7. The van der Waals surface area contributed by atoms with E-state index < -0.39 is 6.16 Å². The molecule has 0 bridgehead atoms. The zero-order valence-corrected chi connectivity index (χ0v) is 18.0. The Morgan fingerprint density at radius 2 is 1.58 bits per heavy atom. The van der Waals surface area contributed by atoms with E-state index >= 15 is 0 Å². The molecule has 0 fully saturated rings. The van der Waals surface area contributed by atoms with Gasteiger partial charge in [-0.1, -0.05) is 24.3 Å². The summed E-state index contributed by atoms with van der Waals surface area (Å²) in [4.78, 5) is 36.1. The Kier molecular flexibility index (Phi) is 8.13. The lowest BCUT2D eigenvalue weighted by Gasteiger charge is -2.10. The number of carbonyl (C=O) groups is 3. The highest BCUT2D eigenvalue weighted by atomic mass is 19.1. The third-order valence-electron chi connectivity index (χ3n) is 4.56. The zero-order chi connectivity index (χ0) is 23.6. The van der Waals surface area contributed by atoms with E-state index in [4.69, 9.17) is 9.47 Å². The van der Waals surface area contributed by atoms with Crippen LogP contribution in [-0.4, -0.2) is 24.6 Å². The van der Waals surface area contributed by atoms with Gasteiger partial charge in [0.25, 0.3) is 5.91 Å². The van der Waals surface area contributed by atoms with E-state index in [1.54, 1.807) is 49.4 Å². The number of amides is 2. The third kappa shape index (κ3) is 7.17. The summed E-state index contributed by atoms with van der Waals surface area (Å²) in [6.45, 7) is 1.87. The first kappa shape index (κ1) is 23.5.